The van der Waals surface area contributed by atoms with Gasteiger partial charge in [0.05, 0.1) is 9.52 Å². The molecular formula is C41H38Cl2SiZr. The minimum absolute atomic E-state index is 0.512. The average Bonchev–Trinajstić information content (AvgIpc) is 3.66. The van der Waals surface area contributed by atoms with Crippen molar-refractivity contribution < 1.29 is 20.8 Å². The second-order valence-electron chi connectivity index (χ2n) is 12.0. The predicted octanol–water partition coefficient (Wildman–Crippen LogP) is 11.2. The average molecular weight is 721 g/mol. The van der Waals surface area contributed by atoms with Crippen LogP contribution in [0.3, 0.4) is 0 Å². The Morgan fingerprint density at radius 1 is 0.711 bits per heavy atom. The van der Waals surface area contributed by atoms with Crippen molar-refractivity contribution in [3.63, 3.8) is 0 Å². The minimum atomic E-state index is -0.826. The van der Waals surface area contributed by atoms with E-state index in [1.807, 2.05) is 6.07 Å². The van der Waals surface area contributed by atoms with Crippen molar-refractivity contribution in [3.8, 4) is 33.4 Å². The number of halogens is 2. The molecule has 6 aromatic carbocycles. The standard InChI is InChI=1S/C29H31.C12H7Si.2ClH.Zr/c1-6-21-14-23-12-13-27(22-10-8-7-9-11-22)29(28(23)15-21)26-17-24(19(2)3)16-25(18-26)20(4)5;1-3-7-11-9(5-1)10-6-2-4-8-12(10)13-11;;;/h7-20H,6H2,1-5H3;1-7H;2*1H;/q2*-1;;;+4/p-2. The maximum Gasteiger partial charge on any atom is 0.0920 e. The van der Waals surface area contributed by atoms with Gasteiger partial charge in [0.15, 0.2) is 0 Å². The fraction of sp³-hybridized carbons (Fsp3) is 0.195. The van der Waals surface area contributed by atoms with Crippen LogP contribution in [0.25, 0.3) is 44.2 Å². The maximum atomic E-state index is 4.93. The molecule has 1 heterocycles. The molecule has 0 spiro atoms. The third-order valence-electron chi connectivity index (χ3n) is 8.38. The van der Waals surface area contributed by atoms with Gasteiger partial charge in [-0.15, -0.1) is 34.0 Å². The smallest absolute Gasteiger partial charge is 0.0920 e. The number of aryl methyl sites for hydroxylation is 1. The molecule has 7 rings (SSSR count). The Balaban J connectivity index is 0.000000206. The molecule has 4 heteroatoms. The molecule has 0 atom stereocenters. The van der Waals surface area contributed by atoms with Crippen molar-refractivity contribution in [1.82, 2.24) is 0 Å². The van der Waals surface area contributed by atoms with Crippen LogP contribution in [0.5, 0.6) is 0 Å². The third-order valence-corrected chi connectivity index (χ3v) is 9.74. The first-order valence-electron chi connectivity index (χ1n) is 15.6. The van der Waals surface area contributed by atoms with Crippen LogP contribution in [-0.4, -0.2) is 9.52 Å². The number of rotatable bonds is 5. The zero-order chi connectivity index (χ0) is 31.9. The Morgan fingerprint density at radius 2 is 1.36 bits per heavy atom. The van der Waals surface area contributed by atoms with Gasteiger partial charge < -0.3 is 0 Å². The van der Waals surface area contributed by atoms with Gasteiger partial charge in [0, 0.05) is 0 Å². The molecule has 0 bridgehead atoms. The van der Waals surface area contributed by atoms with Crippen LogP contribution < -0.4 is 10.4 Å². The van der Waals surface area contributed by atoms with Gasteiger partial charge in [-0.2, -0.15) is 35.5 Å². The van der Waals surface area contributed by atoms with Crippen LogP contribution in [-0.2, 0) is 27.3 Å². The molecule has 1 aliphatic rings. The van der Waals surface area contributed by atoms with Gasteiger partial charge in [-0.1, -0.05) is 130 Å². The predicted molar refractivity (Wildman–Crippen MR) is 195 cm³/mol. The monoisotopic (exact) mass is 718 g/mol. The first kappa shape index (κ1) is 33.7. The molecule has 0 fully saturated rings. The fourth-order valence-electron chi connectivity index (χ4n) is 5.93. The van der Waals surface area contributed by atoms with Gasteiger partial charge in [0.25, 0.3) is 0 Å². The zero-order valence-corrected chi connectivity index (χ0v) is 31.6. The summed E-state index contributed by atoms with van der Waals surface area (Å²) in [6, 6.07) is 45.5. The summed E-state index contributed by atoms with van der Waals surface area (Å²) < 4.78 is 0. The Labute approximate surface area is 290 Å². The summed E-state index contributed by atoms with van der Waals surface area (Å²) >= 11 is -0.826. The van der Waals surface area contributed by atoms with Gasteiger partial charge in [-0.3, -0.25) is 0 Å². The molecule has 0 unspecified atom stereocenters. The van der Waals surface area contributed by atoms with E-state index in [9.17, 15) is 0 Å². The summed E-state index contributed by atoms with van der Waals surface area (Å²) in [6.45, 7) is 11.4. The minimum Gasteiger partial charge on any atom is -0.184 e. The second kappa shape index (κ2) is 15.8. The summed E-state index contributed by atoms with van der Waals surface area (Å²) in [5.41, 5.74) is 12.3. The van der Waals surface area contributed by atoms with E-state index in [2.05, 4.69) is 150 Å². The van der Waals surface area contributed by atoms with E-state index in [0.717, 1.165) is 15.9 Å². The Bertz CT molecular complexity index is 1800. The number of hydrogen-bond acceptors (Lipinski definition) is 0. The number of benzene rings is 5. The summed E-state index contributed by atoms with van der Waals surface area (Å²) in [5.74, 6) is 1.02. The molecular weight excluding hydrogens is 683 g/mol. The van der Waals surface area contributed by atoms with Gasteiger partial charge in [0.1, 0.15) is 0 Å². The Hall–Kier alpha value is -2.61. The molecule has 0 saturated carbocycles. The molecule has 0 aliphatic carbocycles. The van der Waals surface area contributed by atoms with Gasteiger partial charge in [0.2, 0.25) is 0 Å². The first-order chi connectivity index (χ1) is 21.8. The van der Waals surface area contributed by atoms with E-state index in [1.54, 1.807) is 0 Å². The molecule has 0 saturated heterocycles. The molecule has 2 radical (unpaired) electrons. The van der Waals surface area contributed by atoms with Gasteiger partial charge in [-0.05, 0) is 46.1 Å². The summed E-state index contributed by atoms with van der Waals surface area (Å²) in [5, 5.41) is 5.54. The summed E-state index contributed by atoms with van der Waals surface area (Å²) in [7, 11) is 10.7. The third kappa shape index (κ3) is 7.86. The molecule has 0 N–H and O–H groups in total. The SMILES string of the molecule is CCc1cc2c(-c3cc(C(C)C)cc(C(C)C)c3)c(-c3ccccc3)ccc2[cH-]1.[Cl][Zr+2][Cl].[c-]1cccc2c1[Si]c1ccccc1-2. The molecule has 224 valence electrons. The molecule has 0 nitrogen and oxygen atoms in total. The Morgan fingerprint density at radius 3 is 2.02 bits per heavy atom. The molecule has 1 aliphatic heterocycles. The van der Waals surface area contributed by atoms with Gasteiger partial charge in [-0.25, -0.2) is 0 Å². The quantitative estimate of drug-likeness (QED) is 0.123. The summed E-state index contributed by atoms with van der Waals surface area (Å²) in [4.78, 5) is 0. The van der Waals surface area contributed by atoms with Crippen molar-refractivity contribution in [2.24, 2.45) is 0 Å². The molecule has 45 heavy (non-hydrogen) atoms. The van der Waals surface area contributed by atoms with E-state index in [1.165, 1.54) is 71.2 Å². The van der Waals surface area contributed by atoms with E-state index in [4.69, 9.17) is 17.0 Å². The molecule has 6 aromatic rings. The van der Waals surface area contributed by atoms with E-state index in [-0.39, 0.29) is 0 Å². The Kier molecular flexibility index (Phi) is 11.8. The topological polar surface area (TPSA) is 0 Å². The van der Waals surface area contributed by atoms with Crippen LogP contribution in [0.1, 0.15) is 63.1 Å². The largest absolute Gasteiger partial charge is 0.184 e. The van der Waals surface area contributed by atoms with E-state index in [0.29, 0.717) is 11.8 Å². The molecule has 0 amide bonds. The van der Waals surface area contributed by atoms with Crippen LogP contribution in [0.4, 0.5) is 0 Å². The van der Waals surface area contributed by atoms with Crippen LogP contribution >= 0.6 is 17.0 Å². The van der Waals surface area contributed by atoms with Crippen molar-refractivity contribution in [3.05, 3.63) is 138 Å². The van der Waals surface area contributed by atoms with Crippen molar-refractivity contribution >= 4 is 47.7 Å². The fourth-order valence-corrected chi connectivity index (χ4v) is 7.24. The number of hydrogen-bond donors (Lipinski definition) is 0. The first-order valence-corrected chi connectivity index (χ1v) is 22.9. The second-order valence-corrected chi connectivity index (χ2v) is 17.0. The van der Waals surface area contributed by atoms with Crippen LogP contribution in [0.2, 0.25) is 0 Å². The van der Waals surface area contributed by atoms with E-state index >= 15 is 0 Å². The van der Waals surface area contributed by atoms with Gasteiger partial charge >= 0.3 is 37.9 Å². The van der Waals surface area contributed by atoms with E-state index < -0.39 is 20.8 Å². The van der Waals surface area contributed by atoms with Crippen molar-refractivity contribution in [2.75, 3.05) is 0 Å². The normalized spacial score (nSPS) is 11.3. The van der Waals surface area contributed by atoms with Crippen molar-refractivity contribution in [2.45, 2.75) is 52.9 Å². The van der Waals surface area contributed by atoms with Crippen LogP contribution in [0.15, 0.2) is 115 Å². The maximum absolute atomic E-state index is 4.93. The van der Waals surface area contributed by atoms with Crippen LogP contribution in [0, 0.1) is 6.07 Å². The number of fused-ring (bicyclic) bond motifs is 4. The summed E-state index contributed by atoms with van der Waals surface area (Å²) in [6.07, 6.45) is 1.07. The molecule has 0 aromatic heterocycles. The van der Waals surface area contributed by atoms with Crippen molar-refractivity contribution in [1.29, 1.82) is 0 Å². The zero-order valence-electron chi connectivity index (χ0n) is 26.6.